The molecule has 0 unspecified atom stereocenters. The third kappa shape index (κ3) is 3.39. The van der Waals surface area contributed by atoms with Gasteiger partial charge in [0.25, 0.3) is 0 Å². The van der Waals surface area contributed by atoms with Gasteiger partial charge in [-0.15, -0.1) is 0 Å². The summed E-state index contributed by atoms with van der Waals surface area (Å²) in [6, 6.07) is 10.9. The van der Waals surface area contributed by atoms with Crippen LogP contribution in [0, 0.1) is 0 Å². The van der Waals surface area contributed by atoms with E-state index < -0.39 is 0 Å². The summed E-state index contributed by atoms with van der Waals surface area (Å²) in [5.41, 5.74) is 5.58. The van der Waals surface area contributed by atoms with Crippen LogP contribution in [0.1, 0.15) is 12.8 Å². The summed E-state index contributed by atoms with van der Waals surface area (Å²) in [5, 5.41) is 0. The van der Waals surface area contributed by atoms with Gasteiger partial charge in [-0.25, -0.2) is 0 Å². The number of anilines is 1. The summed E-state index contributed by atoms with van der Waals surface area (Å²) in [4.78, 5) is 11.8. The molecule has 0 atom stereocenters. The average Bonchev–Trinajstić information content (AvgIpc) is 3.30. The number of pyridine rings is 1. The SMILES string of the molecule is COc1cnc2cc(-c3cc(SN(C)C)ccc3N3CCCC3)[nH]c2c1. The molecule has 4 rings (SSSR count). The van der Waals surface area contributed by atoms with Crippen LogP contribution in [0.15, 0.2) is 41.4 Å². The molecule has 1 N–H and O–H groups in total. The normalized spacial score (nSPS) is 14.5. The molecule has 1 saturated heterocycles. The predicted octanol–water partition coefficient (Wildman–Crippen LogP) is 4.41. The molecule has 136 valence electrons. The molecule has 0 bridgehead atoms. The first-order chi connectivity index (χ1) is 12.6. The average molecular weight is 369 g/mol. The van der Waals surface area contributed by atoms with Crippen LogP contribution in [-0.4, -0.2) is 48.6 Å². The number of ether oxygens (including phenoxy) is 1. The van der Waals surface area contributed by atoms with Crippen molar-refractivity contribution in [3.8, 4) is 17.0 Å². The lowest BCUT2D eigenvalue weighted by Crippen LogP contribution is -2.18. The van der Waals surface area contributed by atoms with Crippen LogP contribution >= 0.6 is 11.9 Å². The van der Waals surface area contributed by atoms with E-state index in [-0.39, 0.29) is 0 Å². The fourth-order valence-corrected chi connectivity index (χ4v) is 4.20. The number of fused-ring (bicyclic) bond motifs is 1. The molecular weight excluding hydrogens is 344 g/mol. The van der Waals surface area contributed by atoms with Crippen LogP contribution in [0.3, 0.4) is 0 Å². The maximum atomic E-state index is 5.31. The Bertz CT molecular complexity index is 915. The summed E-state index contributed by atoms with van der Waals surface area (Å²) >= 11 is 1.74. The number of H-pyrrole nitrogens is 1. The third-order valence-electron chi connectivity index (χ3n) is 4.67. The monoisotopic (exact) mass is 368 g/mol. The van der Waals surface area contributed by atoms with Crippen molar-refractivity contribution in [1.29, 1.82) is 0 Å². The number of nitrogens with zero attached hydrogens (tertiary/aromatic N) is 3. The molecule has 26 heavy (non-hydrogen) atoms. The van der Waals surface area contributed by atoms with Gasteiger partial charge >= 0.3 is 0 Å². The second-order valence-electron chi connectivity index (χ2n) is 6.77. The highest BCUT2D eigenvalue weighted by atomic mass is 32.2. The van der Waals surface area contributed by atoms with E-state index in [1.165, 1.54) is 29.0 Å². The van der Waals surface area contributed by atoms with Gasteiger partial charge in [0.2, 0.25) is 0 Å². The van der Waals surface area contributed by atoms with Gasteiger partial charge in [0.1, 0.15) is 5.75 Å². The summed E-state index contributed by atoms with van der Waals surface area (Å²) in [6.07, 6.45) is 4.29. The zero-order valence-corrected chi connectivity index (χ0v) is 16.3. The Hall–Kier alpha value is -2.18. The van der Waals surface area contributed by atoms with E-state index in [0.717, 1.165) is 35.6 Å². The molecule has 3 heterocycles. The van der Waals surface area contributed by atoms with Crippen molar-refractivity contribution in [2.75, 3.05) is 39.2 Å². The van der Waals surface area contributed by atoms with Crippen LogP contribution in [0.4, 0.5) is 5.69 Å². The quantitative estimate of drug-likeness (QED) is 0.676. The van der Waals surface area contributed by atoms with Gasteiger partial charge in [0.05, 0.1) is 30.0 Å². The minimum Gasteiger partial charge on any atom is -0.495 e. The van der Waals surface area contributed by atoms with E-state index in [0.29, 0.717) is 0 Å². The molecule has 1 fully saturated rings. The van der Waals surface area contributed by atoms with Crippen molar-refractivity contribution in [2.24, 2.45) is 0 Å². The Kier molecular flexibility index (Phi) is 4.78. The maximum absolute atomic E-state index is 5.31. The molecule has 0 aliphatic carbocycles. The van der Waals surface area contributed by atoms with E-state index in [1.54, 1.807) is 25.3 Å². The molecule has 2 aromatic heterocycles. The van der Waals surface area contributed by atoms with E-state index >= 15 is 0 Å². The smallest absolute Gasteiger partial charge is 0.139 e. The van der Waals surface area contributed by atoms with Gasteiger partial charge in [-0.05, 0) is 63.2 Å². The van der Waals surface area contributed by atoms with Crippen molar-refractivity contribution in [1.82, 2.24) is 14.3 Å². The number of rotatable bonds is 5. The number of nitrogens with one attached hydrogen (secondary N) is 1. The fraction of sp³-hybridized carbons (Fsp3) is 0.350. The van der Waals surface area contributed by atoms with Gasteiger partial charge in [0.15, 0.2) is 0 Å². The standard InChI is InChI=1S/C20H24N4OS/c1-23(2)26-15-6-7-20(24-8-4-5-9-24)16(11-15)17-12-18-19(22-17)10-14(25-3)13-21-18/h6-7,10-13,22H,4-5,8-9H2,1-3H3. The Morgan fingerprint density at radius 1 is 1.15 bits per heavy atom. The zero-order valence-electron chi connectivity index (χ0n) is 15.5. The van der Waals surface area contributed by atoms with E-state index in [9.17, 15) is 0 Å². The maximum Gasteiger partial charge on any atom is 0.139 e. The minimum atomic E-state index is 0.766. The van der Waals surface area contributed by atoms with Crippen LogP contribution in [0.2, 0.25) is 0 Å². The predicted molar refractivity (Wildman–Crippen MR) is 109 cm³/mol. The van der Waals surface area contributed by atoms with Crippen molar-refractivity contribution in [3.63, 3.8) is 0 Å². The molecule has 6 heteroatoms. The number of hydrogen-bond donors (Lipinski definition) is 1. The molecule has 5 nitrogen and oxygen atoms in total. The Morgan fingerprint density at radius 3 is 2.69 bits per heavy atom. The van der Waals surface area contributed by atoms with Gasteiger partial charge < -0.3 is 14.6 Å². The zero-order chi connectivity index (χ0) is 18.1. The van der Waals surface area contributed by atoms with Gasteiger partial charge in [-0.3, -0.25) is 9.29 Å². The summed E-state index contributed by atoms with van der Waals surface area (Å²) in [6.45, 7) is 2.25. The highest BCUT2D eigenvalue weighted by Crippen LogP contribution is 2.37. The van der Waals surface area contributed by atoms with Crippen LogP contribution in [0.5, 0.6) is 5.75 Å². The number of aromatic nitrogens is 2. The molecule has 0 saturated carbocycles. The molecule has 1 aromatic carbocycles. The largest absolute Gasteiger partial charge is 0.495 e. The molecule has 0 spiro atoms. The number of hydrogen-bond acceptors (Lipinski definition) is 5. The number of benzene rings is 1. The lowest BCUT2D eigenvalue weighted by molar-refractivity contribution is 0.413. The van der Waals surface area contributed by atoms with E-state index in [4.69, 9.17) is 4.74 Å². The van der Waals surface area contributed by atoms with Crippen molar-refractivity contribution >= 4 is 28.7 Å². The van der Waals surface area contributed by atoms with E-state index in [1.807, 2.05) is 6.07 Å². The molecule has 1 aliphatic rings. The lowest BCUT2D eigenvalue weighted by Gasteiger charge is -2.22. The number of aromatic amines is 1. The van der Waals surface area contributed by atoms with Gasteiger partial charge in [-0.2, -0.15) is 0 Å². The van der Waals surface area contributed by atoms with Gasteiger partial charge in [-0.1, -0.05) is 0 Å². The lowest BCUT2D eigenvalue weighted by atomic mass is 10.1. The highest BCUT2D eigenvalue weighted by Gasteiger charge is 2.19. The van der Waals surface area contributed by atoms with E-state index in [2.05, 4.69) is 57.5 Å². The van der Waals surface area contributed by atoms with Crippen LogP contribution in [-0.2, 0) is 0 Å². The minimum absolute atomic E-state index is 0.766. The Labute approximate surface area is 158 Å². The first-order valence-electron chi connectivity index (χ1n) is 8.91. The summed E-state index contributed by atoms with van der Waals surface area (Å²) < 4.78 is 7.42. The molecular formula is C20H24N4OS. The second kappa shape index (κ2) is 7.21. The molecule has 0 radical (unpaired) electrons. The molecule has 0 amide bonds. The number of methoxy groups -OCH3 is 1. The Balaban J connectivity index is 1.81. The first kappa shape index (κ1) is 17.2. The van der Waals surface area contributed by atoms with Crippen molar-refractivity contribution in [2.45, 2.75) is 17.7 Å². The molecule has 1 aliphatic heterocycles. The second-order valence-corrected chi connectivity index (χ2v) is 8.15. The Morgan fingerprint density at radius 2 is 1.96 bits per heavy atom. The fourth-order valence-electron chi connectivity index (χ4n) is 3.48. The van der Waals surface area contributed by atoms with Gasteiger partial charge in [0, 0.05) is 35.3 Å². The topological polar surface area (TPSA) is 44.4 Å². The van der Waals surface area contributed by atoms with Crippen molar-refractivity contribution < 1.29 is 4.74 Å². The summed E-state index contributed by atoms with van der Waals surface area (Å²) in [5.74, 6) is 0.766. The first-order valence-corrected chi connectivity index (χ1v) is 9.69. The molecule has 3 aromatic rings. The third-order valence-corrected chi connectivity index (χ3v) is 5.50. The highest BCUT2D eigenvalue weighted by molar-refractivity contribution is 7.97. The van der Waals surface area contributed by atoms with Crippen LogP contribution < -0.4 is 9.64 Å². The van der Waals surface area contributed by atoms with Crippen molar-refractivity contribution in [3.05, 3.63) is 36.5 Å². The van der Waals surface area contributed by atoms with Crippen LogP contribution in [0.25, 0.3) is 22.3 Å². The summed E-state index contributed by atoms with van der Waals surface area (Å²) in [7, 11) is 5.80.